The van der Waals surface area contributed by atoms with Gasteiger partial charge in [-0.05, 0) is 49.4 Å². The Balaban J connectivity index is 1.85. The fourth-order valence-corrected chi connectivity index (χ4v) is 2.50. The smallest absolute Gasteiger partial charge is 0.291 e. The van der Waals surface area contributed by atoms with Gasteiger partial charge in [-0.3, -0.25) is 9.59 Å². The van der Waals surface area contributed by atoms with Gasteiger partial charge < -0.3 is 19.8 Å². The van der Waals surface area contributed by atoms with E-state index in [4.69, 9.17) is 20.8 Å². The molecule has 2 amide bonds. The number of aromatic nitrogens is 1. The number of nitrogens with one attached hydrogen (secondary N) is 2. The van der Waals surface area contributed by atoms with Crippen LogP contribution in [0.2, 0.25) is 5.02 Å². The summed E-state index contributed by atoms with van der Waals surface area (Å²) in [7, 11) is 0. The Labute approximate surface area is 160 Å². The molecular weight excluding hydrogens is 370 g/mol. The summed E-state index contributed by atoms with van der Waals surface area (Å²) in [5.41, 5.74) is 0.979. The number of anilines is 2. The van der Waals surface area contributed by atoms with Gasteiger partial charge in [0.1, 0.15) is 5.56 Å². The first-order valence-corrected chi connectivity index (χ1v) is 8.50. The lowest BCUT2D eigenvalue weighted by Gasteiger charge is -2.13. The molecule has 2 heterocycles. The average molecular weight is 386 g/mol. The third kappa shape index (κ3) is 4.45. The minimum absolute atomic E-state index is 0.137. The zero-order valence-electron chi connectivity index (χ0n) is 14.4. The maximum atomic E-state index is 12.7. The van der Waals surface area contributed by atoms with Gasteiger partial charge in [0.15, 0.2) is 5.76 Å². The number of hydrogen-bond donors (Lipinski definition) is 2. The normalized spacial score (nSPS) is 10.3. The number of furan rings is 1. The largest absolute Gasteiger partial charge is 0.477 e. The molecule has 0 spiro atoms. The topological polar surface area (TPSA) is 93.5 Å². The minimum atomic E-state index is -0.464. The number of pyridine rings is 1. The van der Waals surface area contributed by atoms with Crippen molar-refractivity contribution in [2.24, 2.45) is 0 Å². The summed E-state index contributed by atoms with van der Waals surface area (Å²) >= 11 is 6.03. The van der Waals surface area contributed by atoms with Crippen LogP contribution in [-0.2, 0) is 0 Å². The molecule has 0 atom stereocenters. The van der Waals surface area contributed by atoms with Crippen LogP contribution in [0, 0.1) is 0 Å². The SMILES string of the molecule is CCOc1ncccc1C(=O)Nc1ccc(Cl)cc1NC(=O)c1ccco1. The lowest BCUT2D eigenvalue weighted by atomic mass is 10.2. The molecule has 2 aromatic heterocycles. The molecular formula is C19H16ClN3O4. The van der Waals surface area contributed by atoms with Crippen molar-refractivity contribution in [1.29, 1.82) is 0 Å². The second-order valence-electron chi connectivity index (χ2n) is 5.36. The van der Waals surface area contributed by atoms with Crippen LogP contribution in [-0.4, -0.2) is 23.4 Å². The maximum Gasteiger partial charge on any atom is 0.291 e. The summed E-state index contributed by atoms with van der Waals surface area (Å²) in [6, 6.07) is 11.1. The van der Waals surface area contributed by atoms with E-state index in [1.54, 1.807) is 43.5 Å². The summed E-state index contributed by atoms with van der Waals surface area (Å²) in [6.45, 7) is 2.18. The van der Waals surface area contributed by atoms with E-state index in [9.17, 15) is 9.59 Å². The number of benzene rings is 1. The van der Waals surface area contributed by atoms with Crippen molar-refractivity contribution in [2.75, 3.05) is 17.2 Å². The summed E-state index contributed by atoms with van der Waals surface area (Å²) in [6.07, 6.45) is 2.94. The van der Waals surface area contributed by atoms with Crippen molar-refractivity contribution >= 4 is 34.8 Å². The van der Waals surface area contributed by atoms with E-state index < -0.39 is 11.8 Å². The van der Waals surface area contributed by atoms with Gasteiger partial charge in [0, 0.05) is 11.2 Å². The number of hydrogen-bond acceptors (Lipinski definition) is 5. The van der Waals surface area contributed by atoms with E-state index in [0.29, 0.717) is 23.0 Å². The first-order valence-electron chi connectivity index (χ1n) is 8.12. The van der Waals surface area contributed by atoms with Gasteiger partial charge in [0.2, 0.25) is 5.88 Å². The Morgan fingerprint density at radius 1 is 1.11 bits per heavy atom. The molecule has 0 fully saturated rings. The molecule has 0 saturated carbocycles. The first-order chi connectivity index (χ1) is 13.1. The Kier molecular flexibility index (Phi) is 5.73. The molecule has 0 saturated heterocycles. The van der Waals surface area contributed by atoms with Crippen molar-refractivity contribution < 1.29 is 18.7 Å². The maximum absolute atomic E-state index is 12.7. The number of nitrogens with zero attached hydrogens (tertiary/aromatic N) is 1. The molecule has 0 bridgehead atoms. The number of amides is 2. The van der Waals surface area contributed by atoms with Crippen LogP contribution >= 0.6 is 11.6 Å². The highest BCUT2D eigenvalue weighted by atomic mass is 35.5. The fourth-order valence-electron chi connectivity index (χ4n) is 2.33. The molecule has 7 nitrogen and oxygen atoms in total. The van der Waals surface area contributed by atoms with E-state index in [1.807, 2.05) is 0 Å². The van der Waals surface area contributed by atoms with Crippen LogP contribution in [0.1, 0.15) is 27.8 Å². The summed E-state index contributed by atoms with van der Waals surface area (Å²) in [5.74, 6) is -0.526. The molecule has 0 aliphatic carbocycles. The third-order valence-electron chi connectivity index (χ3n) is 3.52. The highest BCUT2D eigenvalue weighted by molar-refractivity contribution is 6.31. The number of ether oxygens (including phenoxy) is 1. The van der Waals surface area contributed by atoms with Gasteiger partial charge in [-0.25, -0.2) is 4.98 Å². The zero-order valence-corrected chi connectivity index (χ0v) is 15.1. The number of halogens is 1. The van der Waals surface area contributed by atoms with Crippen molar-refractivity contribution in [3.05, 3.63) is 71.3 Å². The van der Waals surface area contributed by atoms with Gasteiger partial charge in [-0.15, -0.1) is 0 Å². The highest BCUT2D eigenvalue weighted by Crippen LogP contribution is 2.27. The Bertz CT molecular complexity index is 957. The van der Waals surface area contributed by atoms with Gasteiger partial charge in [0.05, 0.1) is 24.2 Å². The number of rotatable bonds is 6. The third-order valence-corrected chi connectivity index (χ3v) is 3.75. The molecule has 0 radical (unpaired) electrons. The molecule has 0 aliphatic rings. The molecule has 3 rings (SSSR count). The standard InChI is InChI=1S/C19H16ClN3O4/c1-2-26-19-13(5-3-9-21-19)17(24)22-14-8-7-12(20)11-15(14)23-18(25)16-6-4-10-27-16/h3-11H,2H2,1H3,(H,22,24)(H,23,25). The van der Waals surface area contributed by atoms with Crippen molar-refractivity contribution in [3.63, 3.8) is 0 Å². The molecule has 0 unspecified atom stereocenters. The van der Waals surface area contributed by atoms with Crippen LogP contribution < -0.4 is 15.4 Å². The zero-order chi connectivity index (χ0) is 19.2. The highest BCUT2D eigenvalue weighted by Gasteiger charge is 2.17. The lowest BCUT2D eigenvalue weighted by Crippen LogP contribution is -2.17. The van der Waals surface area contributed by atoms with Crippen LogP contribution in [0.3, 0.4) is 0 Å². The molecule has 8 heteroatoms. The fraction of sp³-hybridized carbons (Fsp3) is 0.105. The van der Waals surface area contributed by atoms with E-state index in [0.717, 1.165) is 0 Å². The first kappa shape index (κ1) is 18.5. The van der Waals surface area contributed by atoms with Crippen molar-refractivity contribution in [1.82, 2.24) is 4.98 Å². The van der Waals surface area contributed by atoms with Gasteiger partial charge in [-0.2, -0.15) is 0 Å². The Morgan fingerprint density at radius 3 is 2.67 bits per heavy atom. The summed E-state index contributed by atoms with van der Waals surface area (Å²) < 4.78 is 10.5. The van der Waals surface area contributed by atoms with Crippen LogP contribution in [0.5, 0.6) is 5.88 Å². The lowest BCUT2D eigenvalue weighted by molar-refractivity contribution is 0.0992. The second kappa shape index (κ2) is 8.37. The molecule has 2 N–H and O–H groups in total. The Morgan fingerprint density at radius 2 is 1.93 bits per heavy atom. The number of carbonyl (C=O) groups is 2. The van der Waals surface area contributed by atoms with Gasteiger partial charge >= 0.3 is 0 Å². The molecule has 138 valence electrons. The van der Waals surface area contributed by atoms with Crippen molar-refractivity contribution in [3.8, 4) is 5.88 Å². The van der Waals surface area contributed by atoms with Gasteiger partial charge in [-0.1, -0.05) is 11.6 Å². The van der Waals surface area contributed by atoms with Crippen LogP contribution in [0.25, 0.3) is 0 Å². The number of carbonyl (C=O) groups excluding carboxylic acids is 2. The monoisotopic (exact) mass is 385 g/mol. The molecule has 27 heavy (non-hydrogen) atoms. The molecule has 0 aliphatic heterocycles. The average Bonchev–Trinajstić information content (AvgIpc) is 3.19. The van der Waals surface area contributed by atoms with E-state index in [1.165, 1.54) is 18.4 Å². The van der Waals surface area contributed by atoms with Crippen LogP contribution in [0.4, 0.5) is 11.4 Å². The predicted molar refractivity (Wildman–Crippen MR) is 101 cm³/mol. The van der Waals surface area contributed by atoms with E-state index in [-0.39, 0.29) is 17.2 Å². The molecule has 1 aromatic carbocycles. The van der Waals surface area contributed by atoms with Crippen LogP contribution in [0.15, 0.2) is 59.3 Å². The molecule has 3 aromatic rings. The van der Waals surface area contributed by atoms with Crippen molar-refractivity contribution in [2.45, 2.75) is 6.92 Å². The summed E-state index contributed by atoms with van der Waals surface area (Å²) in [5, 5.41) is 5.81. The van der Waals surface area contributed by atoms with E-state index in [2.05, 4.69) is 15.6 Å². The minimum Gasteiger partial charge on any atom is -0.477 e. The van der Waals surface area contributed by atoms with Gasteiger partial charge in [0.25, 0.3) is 11.8 Å². The summed E-state index contributed by atoms with van der Waals surface area (Å²) in [4.78, 5) is 29.0. The quantitative estimate of drug-likeness (QED) is 0.662. The predicted octanol–water partition coefficient (Wildman–Crippen LogP) is 4.23. The van der Waals surface area contributed by atoms with E-state index >= 15 is 0 Å². The second-order valence-corrected chi connectivity index (χ2v) is 5.80. The Hall–Kier alpha value is -3.32.